The number of carbonyl (C=O) groups is 1. The molecular formula is C21H36IN5O. The molecule has 1 aromatic carbocycles. The lowest BCUT2D eigenvalue weighted by molar-refractivity contribution is 0.0827. The number of likely N-dealkylation sites (tertiary alicyclic amines) is 1. The van der Waals surface area contributed by atoms with E-state index in [0.29, 0.717) is 18.0 Å². The second-order valence-corrected chi connectivity index (χ2v) is 7.37. The topological polar surface area (TPSA) is 60.0 Å². The highest BCUT2D eigenvalue weighted by molar-refractivity contribution is 14.0. The first-order valence-corrected chi connectivity index (χ1v) is 10.1. The van der Waals surface area contributed by atoms with Crippen LogP contribution in [0.1, 0.15) is 42.6 Å². The van der Waals surface area contributed by atoms with E-state index in [2.05, 4.69) is 29.4 Å². The number of rotatable bonds is 7. The zero-order valence-corrected chi connectivity index (χ0v) is 20.0. The van der Waals surface area contributed by atoms with E-state index in [-0.39, 0.29) is 29.9 Å². The lowest BCUT2D eigenvalue weighted by Gasteiger charge is -2.32. The molecule has 0 aromatic heterocycles. The normalized spacial score (nSPS) is 17.6. The summed E-state index contributed by atoms with van der Waals surface area (Å²) in [5, 5.41) is 6.83. The minimum absolute atomic E-state index is 0. The van der Waals surface area contributed by atoms with Crippen molar-refractivity contribution < 1.29 is 4.79 Å². The van der Waals surface area contributed by atoms with Crippen molar-refractivity contribution in [2.24, 2.45) is 10.9 Å². The zero-order chi connectivity index (χ0) is 19.6. The average molecular weight is 501 g/mol. The molecule has 7 heteroatoms. The molecule has 28 heavy (non-hydrogen) atoms. The third-order valence-electron chi connectivity index (χ3n) is 4.98. The molecule has 0 aliphatic carbocycles. The number of nitrogens with zero attached hydrogens (tertiary/aromatic N) is 3. The molecule has 0 spiro atoms. The van der Waals surface area contributed by atoms with Crippen LogP contribution in [0.3, 0.4) is 0 Å². The SMILES string of the molecule is CCNC(=NCc1ccc(C(=O)N(C)C)cc1)NCC1CCCN(CC)C1.I. The Morgan fingerprint density at radius 2 is 1.93 bits per heavy atom. The van der Waals surface area contributed by atoms with Crippen molar-refractivity contribution >= 4 is 35.8 Å². The van der Waals surface area contributed by atoms with Crippen molar-refractivity contribution in [3.05, 3.63) is 35.4 Å². The van der Waals surface area contributed by atoms with Gasteiger partial charge >= 0.3 is 0 Å². The molecule has 1 heterocycles. The highest BCUT2D eigenvalue weighted by Gasteiger charge is 2.18. The summed E-state index contributed by atoms with van der Waals surface area (Å²) in [6.07, 6.45) is 2.57. The Labute approximate surface area is 187 Å². The molecule has 6 nitrogen and oxygen atoms in total. The van der Waals surface area contributed by atoms with Crippen LogP contribution >= 0.6 is 24.0 Å². The van der Waals surface area contributed by atoms with Gasteiger partial charge < -0.3 is 20.4 Å². The fourth-order valence-electron chi connectivity index (χ4n) is 3.37. The Morgan fingerprint density at radius 3 is 2.54 bits per heavy atom. The largest absolute Gasteiger partial charge is 0.357 e. The molecule has 0 bridgehead atoms. The van der Waals surface area contributed by atoms with Gasteiger partial charge in [0, 0.05) is 39.3 Å². The standard InChI is InChI=1S/C21H35N5O.HI/c1-5-22-21(24-15-18-8-7-13-26(6-2)16-18)23-14-17-9-11-19(12-10-17)20(27)25(3)4;/h9-12,18H,5-8,13-16H2,1-4H3,(H2,22,23,24);1H. The third kappa shape index (κ3) is 7.95. The van der Waals surface area contributed by atoms with Crippen LogP contribution in [0.5, 0.6) is 0 Å². The number of guanidine groups is 1. The smallest absolute Gasteiger partial charge is 0.253 e. The Balaban J connectivity index is 0.00000392. The van der Waals surface area contributed by atoms with Crippen molar-refractivity contribution in [3.63, 3.8) is 0 Å². The minimum Gasteiger partial charge on any atom is -0.357 e. The van der Waals surface area contributed by atoms with Gasteiger partial charge in [-0.25, -0.2) is 4.99 Å². The molecule has 1 atom stereocenters. The molecule has 0 saturated carbocycles. The lowest BCUT2D eigenvalue weighted by Crippen LogP contribution is -2.44. The number of carbonyl (C=O) groups excluding carboxylic acids is 1. The molecule has 1 amide bonds. The van der Waals surface area contributed by atoms with Crippen LogP contribution in [0, 0.1) is 5.92 Å². The van der Waals surface area contributed by atoms with Crippen molar-refractivity contribution in [2.75, 3.05) is 46.8 Å². The molecule has 1 aliphatic heterocycles. The van der Waals surface area contributed by atoms with E-state index in [4.69, 9.17) is 4.99 Å². The number of nitrogens with one attached hydrogen (secondary N) is 2. The number of benzene rings is 1. The van der Waals surface area contributed by atoms with Crippen LogP contribution in [0.25, 0.3) is 0 Å². The van der Waals surface area contributed by atoms with Gasteiger partial charge in [-0.3, -0.25) is 4.79 Å². The third-order valence-corrected chi connectivity index (χ3v) is 4.98. The maximum absolute atomic E-state index is 12.0. The van der Waals surface area contributed by atoms with Gasteiger partial charge in [-0.05, 0) is 56.5 Å². The predicted molar refractivity (Wildman–Crippen MR) is 128 cm³/mol. The Hall–Kier alpha value is -1.35. The van der Waals surface area contributed by atoms with Gasteiger partial charge in [0.15, 0.2) is 5.96 Å². The monoisotopic (exact) mass is 501 g/mol. The maximum Gasteiger partial charge on any atom is 0.253 e. The average Bonchev–Trinajstić information content (AvgIpc) is 2.70. The molecule has 1 aliphatic rings. The first-order chi connectivity index (χ1) is 13.0. The van der Waals surface area contributed by atoms with Crippen molar-refractivity contribution in [1.82, 2.24) is 20.4 Å². The van der Waals surface area contributed by atoms with Crippen molar-refractivity contribution in [3.8, 4) is 0 Å². The van der Waals surface area contributed by atoms with Gasteiger partial charge in [-0.2, -0.15) is 0 Å². The molecule has 1 saturated heterocycles. The quantitative estimate of drug-likeness (QED) is 0.343. The summed E-state index contributed by atoms with van der Waals surface area (Å²) in [5.41, 5.74) is 1.80. The molecule has 1 unspecified atom stereocenters. The summed E-state index contributed by atoms with van der Waals surface area (Å²) >= 11 is 0. The molecule has 0 radical (unpaired) electrons. The highest BCUT2D eigenvalue weighted by Crippen LogP contribution is 2.15. The Kier molecular flexibility index (Phi) is 11.4. The fraction of sp³-hybridized carbons (Fsp3) is 0.619. The lowest BCUT2D eigenvalue weighted by atomic mass is 9.98. The number of aliphatic imine (C=N–C) groups is 1. The van der Waals surface area contributed by atoms with E-state index in [9.17, 15) is 4.79 Å². The summed E-state index contributed by atoms with van der Waals surface area (Å²) in [6, 6.07) is 7.69. The van der Waals surface area contributed by atoms with Crippen LogP contribution in [-0.2, 0) is 6.54 Å². The molecule has 1 fully saturated rings. The van der Waals surface area contributed by atoms with Crippen molar-refractivity contribution in [1.29, 1.82) is 0 Å². The van der Waals surface area contributed by atoms with E-state index in [1.54, 1.807) is 19.0 Å². The predicted octanol–water partition coefficient (Wildman–Crippen LogP) is 2.79. The van der Waals surface area contributed by atoms with E-state index in [1.807, 2.05) is 24.3 Å². The van der Waals surface area contributed by atoms with Crippen LogP contribution in [0.2, 0.25) is 0 Å². The second kappa shape index (κ2) is 13.0. The summed E-state index contributed by atoms with van der Waals surface area (Å²) in [4.78, 5) is 20.8. The summed E-state index contributed by atoms with van der Waals surface area (Å²) in [7, 11) is 3.53. The highest BCUT2D eigenvalue weighted by atomic mass is 127. The van der Waals surface area contributed by atoms with Crippen LogP contribution in [0.15, 0.2) is 29.3 Å². The molecule has 2 rings (SSSR count). The molecule has 2 N–H and O–H groups in total. The first kappa shape index (κ1) is 24.7. The minimum atomic E-state index is 0. The fourth-order valence-corrected chi connectivity index (χ4v) is 3.37. The number of hydrogen-bond acceptors (Lipinski definition) is 3. The van der Waals surface area contributed by atoms with Gasteiger partial charge in [-0.1, -0.05) is 19.1 Å². The number of hydrogen-bond donors (Lipinski definition) is 2. The molecule has 1 aromatic rings. The second-order valence-electron chi connectivity index (χ2n) is 7.37. The van der Waals surface area contributed by atoms with Gasteiger partial charge in [0.1, 0.15) is 0 Å². The van der Waals surface area contributed by atoms with Crippen molar-refractivity contribution in [2.45, 2.75) is 33.2 Å². The van der Waals surface area contributed by atoms with Crippen LogP contribution in [0.4, 0.5) is 0 Å². The molecule has 158 valence electrons. The number of piperidine rings is 1. The van der Waals surface area contributed by atoms with Gasteiger partial charge in [0.2, 0.25) is 0 Å². The van der Waals surface area contributed by atoms with Gasteiger partial charge in [0.05, 0.1) is 6.54 Å². The number of amides is 1. The van der Waals surface area contributed by atoms with Crippen LogP contribution < -0.4 is 10.6 Å². The first-order valence-electron chi connectivity index (χ1n) is 10.1. The summed E-state index contributed by atoms with van der Waals surface area (Å²) in [6.45, 7) is 10.2. The Bertz CT molecular complexity index is 618. The zero-order valence-electron chi connectivity index (χ0n) is 17.7. The van der Waals surface area contributed by atoms with Crippen LogP contribution in [-0.4, -0.2) is 68.5 Å². The summed E-state index contributed by atoms with van der Waals surface area (Å²) < 4.78 is 0. The number of halogens is 1. The molecular weight excluding hydrogens is 465 g/mol. The van der Waals surface area contributed by atoms with E-state index < -0.39 is 0 Å². The van der Waals surface area contributed by atoms with E-state index in [1.165, 1.54) is 25.9 Å². The van der Waals surface area contributed by atoms with Gasteiger partial charge in [0.25, 0.3) is 5.91 Å². The summed E-state index contributed by atoms with van der Waals surface area (Å²) in [5.74, 6) is 1.56. The van der Waals surface area contributed by atoms with E-state index >= 15 is 0 Å². The van der Waals surface area contributed by atoms with E-state index in [0.717, 1.165) is 31.2 Å². The van der Waals surface area contributed by atoms with Gasteiger partial charge in [-0.15, -0.1) is 24.0 Å². The maximum atomic E-state index is 12.0. The Morgan fingerprint density at radius 1 is 1.21 bits per heavy atom.